The van der Waals surface area contributed by atoms with E-state index < -0.39 is 6.10 Å². The normalized spacial score (nSPS) is 23.2. The molecule has 0 bridgehead atoms. The fourth-order valence-corrected chi connectivity index (χ4v) is 5.09. The van der Waals surface area contributed by atoms with E-state index in [2.05, 4.69) is 45.9 Å². The number of aromatic nitrogens is 2. The number of nitrogens with zero attached hydrogens (tertiary/aromatic N) is 4. The number of benzene rings is 1. The van der Waals surface area contributed by atoms with Crippen LogP contribution in [-0.4, -0.2) is 64.1 Å². The first-order valence-corrected chi connectivity index (χ1v) is 11.8. The molecule has 0 spiro atoms. The first-order chi connectivity index (χ1) is 15.4. The highest BCUT2D eigenvalue weighted by Crippen LogP contribution is 2.36. The van der Waals surface area contributed by atoms with Crippen molar-refractivity contribution in [2.24, 2.45) is 0 Å². The Hall–Kier alpha value is -2.06. The predicted octanol–water partition coefficient (Wildman–Crippen LogP) is 2.93. The molecule has 172 valence electrons. The van der Waals surface area contributed by atoms with Gasteiger partial charge in [-0.1, -0.05) is 23.7 Å². The molecule has 4 atom stereocenters. The van der Waals surface area contributed by atoms with Crippen molar-refractivity contribution >= 4 is 23.7 Å². The highest BCUT2D eigenvalue weighted by molar-refractivity contribution is 6.30. The summed E-state index contributed by atoms with van der Waals surface area (Å²) in [6.07, 6.45) is 3.51. The maximum absolute atomic E-state index is 12.2. The van der Waals surface area contributed by atoms with Crippen molar-refractivity contribution in [2.45, 2.75) is 63.9 Å². The zero-order valence-electron chi connectivity index (χ0n) is 18.9. The second-order valence-electron chi connectivity index (χ2n) is 9.13. The van der Waals surface area contributed by atoms with E-state index in [1.165, 1.54) is 0 Å². The average Bonchev–Trinajstić information content (AvgIpc) is 3.16. The summed E-state index contributed by atoms with van der Waals surface area (Å²) in [4.78, 5) is 25.8. The molecule has 32 heavy (non-hydrogen) atoms. The summed E-state index contributed by atoms with van der Waals surface area (Å²) in [5.41, 5.74) is 2.80. The summed E-state index contributed by atoms with van der Waals surface area (Å²) in [5.74, 6) is 0.642. The van der Waals surface area contributed by atoms with Crippen LogP contribution in [0.4, 0.5) is 5.82 Å². The van der Waals surface area contributed by atoms with E-state index in [0.29, 0.717) is 11.4 Å². The van der Waals surface area contributed by atoms with Crippen molar-refractivity contribution in [3.63, 3.8) is 0 Å². The number of piperazine rings is 1. The van der Waals surface area contributed by atoms with E-state index in [9.17, 15) is 9.90 Å². The maximum atomic E-state index is 12.2. The van der Waals surface area contributed by atoms with Crippen LogP contribution in [0.5, 0.6) is 0 Å². The van der Waals surface area contributed by atoms with Gasteiger partial charge in [0.05, 0.1) is 23.9 Å². The molecule has 7 nitrogen and oxygen atoms in total. The predicted molar refractivity (Wildman–Crippen MR) is 126 cm³/mol. The zero-order chi connectivity index (χ0) is 22.8. The number of aldehydes is 1. The molecule has 2 aromatic rings. The van der Waals surface area contributed by atoms with E-state index in [1.54, 1.807) is 6.33 Å². The summed E-state index contributed by atoms with van der Waals surface area (Å²) in [6, 6.07) is 7.98. The summed E-state index contributed by atoms with van der Waals surface area (Å²) in [5, 5.41) is 14.5. The van der Waals surface area contributed by atoms with Gasteiger partial charge in [0, 0.05) is 42.3 Å². The minimum absolute atomic E-state index is 0.115. The number of aliphatic hydroxyl groups excluding tert-OH is 1. The molecule has 2 N–H and O–H groups in total. The van der Waals surface area contributed by atoms with Crippen molar-refractivity contribution in [3.8, 4) is 0 Å². The number of rotatable bonds is 7. The van der Waals surface area contributed by atoms with Gasteiger partial charge in [-0.05, 0) is 51.3 Å². The van der Waals surface area contributed by atoms with Gasteiger partial charge in [0.1, 0.15) is 18.4 Å². The number of nitrogens with one attached hydrogen (secondary N) is 1. The minimum Gasteiger partial charge on any atom is -0.387 e. The number of fused-ring (bicyclic) bond motifs is 1. The van der Waals surface area contributed by atoms with Crippen LogP contribution in [-0.2, 0) is 11.2 Å². The molecule has 1 aliphatic carbocycles. The van der Waals surface area contributed by atoms with Crippen molar-refractivity contribution in [2.75, 3.05) is 24.5 Å². The molecule has 1 aromatic carbocycles. The lowest BCUT2D eigenvalue weighted by Crippen LogP contribution is -2.61. The largest absolute Gasteiger partial charge is 0.387 e. The molecular weight excluding hydrogens is 426 g/mol. The van der Waals surface area contributed by atoms with Crippen LogP contribution in [0.1, 0.15) is 56.0 Å². The highest BCUT2D eigenvalue weighted by atomic mass is 35.5. The van der Waals surface area contributed by atoms with Crippen LogP contribution < -0.4 is 10.2 Å². The Labute approximate surface area is 194 Å². The molecule has 2 aliphatic rings. The number of carbonyl (C=O) groups excluding carboxylic acids is 1. The van der Waals surface area contributed by atoms with Gasteiger partial charge in [-0.3, -0.25) is 10.2 Å². The number of halogens is 1. The van der Waals surface area contributed by atoms with E-state index in [1.807, 2.05) is 24.3 Å². The standard InChI is InChI=1S/C24H32ClN5O2/c1-15(2)28-24(20(13-31)17-4-6-18(25)7-5-17)29-10-11-30(16(3)12-29)23-19-8-9-21(32)22(19)26-14-27-23/h4-7,13-16,20-21,24,28,32H,8-12H2,1-3H3/t16-,20?,21-,24?/m0/s1. The third-order valence-corrected chi connectivity index (χ3v) is 6.76. The summed E-state index contributed by atoms with van der Waals surface area (Å²) in [6.45, 7) is 8.79. The Balaban J connectivity index is 1.55. The molecule has 2 unspecified atom stereocenters. The lowest BCUT2D eigenvalue weighted by Gasteiger charge is -2.46. The van der Waals surface area contributed by atoms with Crippen LogP contribution >= 0.6 is 11.6 Å². The Morgan fingerprint density at radius 3 is 2.62 bits per heavy atom. The third-order valence-electron chi connectivity index (χ3n) is 6.51. The van der Waals surface area contributed by atoms with Gasteiger partial charge in [0.15, 0.2) is 0 Å². The summed E-state index contributed by atoms with van der Waals surface area (Å²) < 4.78 is 0. The molecule has 0 radical (unpaired) electrons. The molecule has 1 saturated heterocycles. The van der Waals surface area contributed by atoms with Crippen molar-refractivity contribution < 1.29 is 9.90 Å². The first-order valence-electron chi connectivity index (χ1n) is 11.4. The van der Waals surface area contributed by atoms with Gasteiger partial charge < -0.3 is 14.8 Å². The third kappa shape index (κ3) is 4.66. The molecule has 1 aromatic heterocycles. The van der Waals surface area contributed by atoms with Crippen molar-refractivity contribution in [1.82, 2.24) is 20.2 Å². The van der Waals surface area contributed by atoms with Gasteiger partial charge >= 0.3 is 0 Å². The first kappa shape index (κ1) is 23.1. The Kier molecular flexibility index (Phi) is 7.10. The molecule has 1 fully saturated rings. The van der Waals surface area contributed by atoms with Crippen LogP contribution in [0.3, 0.4) is 0 Å². The van der Waals surface area contributed by atoms with Gasteiger partial charge in [-0.2, -0.15) is 0 Å². The molecule has 0 amide bonds. The van der Waals surface area contributed by atoms with Gasteiger partial charge in [-0.25, -0.2) is 9.97 Å². The van der Waals surface area contributed by atoms with Gasteiger partial charge in [-0.15, -0.1) is 0 Å². The van der Waals surface area contributed by atoms with Gasteiger partial charge in [0.25, 0.3) is 0 Å². The van der Waals surface area contributed by atoms with Crippen molar-refractivity contribution in [1.29, 1.82) is 0 Å². The number of hydrogen-bond donors (Lipinski definition) is 2. The van der Waals surface area contributed by atoms with Crippen LogP contribution in [0, 0.1) is 0 Å². The number of anilines is 1. The smallest absolute Gasteiger partial charge is 0.135 e. The molecule has 0 saturated carbocycles. The van der Waals surface area contributed by atoms with E-state index in [-0.39, 0.29) is 24.2 Å². The lowest BCUT2D eigenvalue weighted by molar-refractivity contribution is -0.111. The second kappa shape index (κ2) is 9.83. The average molecular weight is 458 g/mol. The molecular formula is C24H32ClN5O2. The van der Waals surface area contributed by atoms with E-state index >= 15 is 0 Å². The SMILES string of the molecule is CC(C)NC(C(C=O)c1ccc(Cl)cc1)N1CCN(c2ncnc3c2CC[C@@H]3O)[C@@H](C)C1. The number of carbonyl (C=O) groups is 1. The Morgan fingerprint density at radius 2 is 1.97 bits per heavy atom. The Morgan fingerprint density at radius 1 is 1.22 bits per heavy atom. The lowest BCUT2D eigenvalue weighted by atomic mass is 9.95. The van der Waals surface area contributed by atoms with Crippen LogP contribution in [0.25, 0.3) is 0 Å². The fourth-order valence-electron chi connectivity index (χ4n) is 4.96. The second-order valence-corrected chi connectivity index (χ2v) is 9.57. The monoisotopic (exact) mass is 457 g/mol. The molecule has 2 heterocycles. The minimum atomic E-state index is -0.490. The summed E-state index contributed by atoms with van der Waals surface area (Å²) in [7, 11) is 0. The van der Waals surface area contributed by atoms with Crippen LogP contribution in [0.15, 0.2) is 30.6 Å². The fraction of sp³-hybridized carbons (Fsp3) is 0.542. The Bertz CT molecular complexity index is 938. The van der Waals surface area contributed by atoms with Crippen molar-refractivity contribution in [3.05, 3.63) is 52.4 Å². The van der Waals surface area contributed by atoms with E-state index in [4.69, 9.17) is 11.6 Å². The van der Waals surface area contributed by atoms with Gasteiger partial charge in [0.2, 0.25) is 0 Å². The van der Waals surface area contributed by atoms with E-state index in [0.717, 1.165) is 55.0 Å². The quantitative estimate of drug-likeness (QED) is 0.618. The highest BCUT2D eigenvalue weighted by Gasteiger charge is 2.36. The number of hydrogen-bond acceptors (Lipinski definition) is 7. The topological polar surface area (TPSA) is 81.6 Å². The molecule has 4 rings (SSSR count). The van der Waals surface area contributed by atoms with Crippen LogP contribution in [0.2, 0.25) is 5.02 Å². The maximum Gasteiger partial charge on any atom is 0.135 e. The molecule has 8 heteroatoms. The summed E-state index contributed by atoms with van der Waals surface area (Å²) >= 11 is 6.07. The zero-order valence-corrected chi connectivity index (χ0v) is 19.7. The number of aliphatic hydroxyl groups is 1. The molecule has 1 aliphatic heterocycles.